The third-order valence-corrected chi connectivity index (χ3v) is 2.02. The van der Waals surface area contributed by atoms with Gasteiger partial charge in [0.1, 0.15) is 6.54 Å². The van der Waals surface area contributed by atoms with E-state index in [1.165, 1.54) is 0 Å². The van der Waals surface area contributed by atoms with Gasteiger partial charge in [0.25, 0.3) is 5.91 Å². The molecule has 5 heteroatoms. The minimum absolute atomic E-state index is 0.223. The van der Waals surface area contributed by atoms with Gasteiger partial charge in [0.2, 0.25) is 0 Å². The maximum absolute atomic E-state index is 11.4. The largest absolute Gasteiger partial charge is 0.480 e. The fraction of sp³-hybridized carbons (Fsp3) is 0.625. The Labute approximate surface area is 76.0 Å². The molecule has 0 radical (unpaired) electrons. The SMILES string of the molecule is CCC1=NN(CC(=O)O)C(=O)C1C. The molecule has 1 unspecified atom stereocenters. The van der Waals surface area contributed by atoms with Crippen LogP contribution in [0.1, 0.15) is 20.3 Å². The minimum Gasteiger partial charge on any atom is -0.480 e. The van der Waals surface area contributed by atoms with Gasteiger partial charge in [-0.1, -0.05) is 6.92 Å². The highest BCUT2D eigenvalue weighted by molar-refractivity contribution is 6.08. The minimum atomic E-state index is -1.04. The zero-order chi connectivity index (χ0) is 10.0. The number of carboxylic acids is 1. The van der Waals surface area contributed by atoms with Crippen molar-refractivity contribution in [2.75, 3.05) is 6.54 Å². The van der Waals surface area contributed by atoms with Crippen molar-refractivity contribution in [1.82, 2.24) is 5.01 Å². The van der Waals surface area contributed by atoms with Crippen molar-refractivity contribution >= 4 is 17.6 Å². The van der Waals surface area contributed by atoms with Gasteiger partial charge in [-0.2, -0.15) is 5.10 Å². The summed E-state index contributed by atoms with van der Waals surface area (Å²) in [5.41, 5.74) is 0.756. The van der Waals surface area contributed by atoms with E-state index >= 15 is 0 Å². The van der Waals surface area contributed by atoms with Crippen molar-refractivity contribution in [3.8, 4) is 0 Å². The third kappa shape index (κ3) is 1.85. The number of hydrazone groups is 1. The number of aliphatic carboxylic acids is 1. The Morgan fingerprint density at radius 2 is 2.31 bits per heavy atom. The van der Waals surface area contributed by atoms with Gasteiger partial charge in [0.15, 0.2) is 0 Å². The van der Waals surface area contributed by atoms with E-state index in [4.69, 9.17) is 5.11 Å². The van der Waals surface area contributed by atoms with Crippen molar-refractivity contribution in [2.24, 2.45) is 11.0 Å². The number of rotatable bonds is 3. The topological polar surface area (TPSA) is 70.0 Å². The third-order valence-electron chi connectivity index (χ3n) is 2.02. The molecule has 0 fully saturated rings. The predicted octanol–water partition coefficient (Wildman–Crippen LogP) is 0.315. The van der Waals surface area contributed by atoms with Gasteiger partial charge in [-0.15, -0.1) is 0 Å². The second-order valence-corrected chi connectivity index (χ2v) is 2.96. The number of nitrogens with zero attached hydrogens (tertiary/aromatic N) is 2. The summed E-state index contributed by atoms with van der Waals surface area (Å²) in [4.78, 5) is 21.7. The van der Waals surface area contributed by atoms with Gasteiger partial charge in [0.05, 0.1) is 11.6 Å². The summed E-state index contributed by atoms with van der Waals surface area (Å²) >= 11 is 0. The lowest BCUT2D eigenvalue weighted by molar-refractivity contribution is -0.144. The molecule has 0 aromatic heterocycles. The first-order valence-corrected chi connectivity index (χ1v) is 4.16. The number of hydrogen-bond donors (Lipinski definition) is 1. The Morgan fingerprint density at radius 3 is 2.69 bits per heavy atom. The van der Waals surface area contributed by atoms with Gasteiger partial charge >= 0.3 is 5.97 Å². The summed E-state index contributed by atoms with van der Waals surface area (Å²) < 4.78 is 0. The van der Waals surface area contributed by atoms with Crippen molar-refractivity contribution < 1.29 is 14.7 Å². The molecule has 72 valence electrons. The summed E-state index contributed by atoms with van der Waals surface area (Å²) in [6.07, 6.45) is 0.684. The molecule has 0 aromatic rings. The van der Waals surface area contributed by atoms with E-state index < -0.39 is 5.97 Å². The molecule has 1 aliphatic heterocycles. The Morgan fingerprint density at radius 1 is 1.69 bits per heavy atom. The monoisotopic (exact) mass is 184 g/mol. The van der Waals surface area contributed by atoms with Crippen molar-refractivity contribution in [3.05, 3.63) is 0 Å². The molecule has 1 aliphatic rings. The smallest absolute Gasteiger partial charge is 0.325 e. The summed E-state index contributed by atoms with van der Waals surface area (Å²) in [6.45, 7) is 3.30. The fourth-order valence-corrected chi connectivity index (χ4v) is 1.28. The highest BCUT2D eigenvalue weighted by Gasteiger charge is 2.31. The highest BCUT2D eigenvalue weighted by Crippen LogP contribution is 2.16. The normalized spacial score (nSPS) is 22.0. The molecule has 13 heavy (non-hydrogen) atoms. The van der Waals surface area contributed by atoms with Crippen molar-refractivity contribution in [3.63, 3.8) is 0 Å². The molecule has 1 rings (SSSR count). The molecule has 0 saturated heterocycles. The average Bonchev–Trinajstić information content (AvgIpc) is 2.32. The lowest BCUT2D eigenvalue weighted by atomic mass is 10.0. The fourth-order valence-electron chi connectivity index (χ4n) is 1.28. The van der Waals surface area contributed by atoms with Gasteiger partial charge < -0.3 is 5.11 Å². The molecule has 0 aliphatic carbocycles. The van der Waals surface area contributed by atoms with Crippen LogP contribution in [0.5, 0.6) is 0 Å². The van der Waals surface area contributed by atoms with Crippen molar-refractivity contribution in [2.45, 2.75) is 20.3 Å². The van der Waals surface area contributed by atoms with E-state index in [0.717, 1.165) is 10.7 Å². The molecule has 1 atom stereocenters. The van der Waals surface area contributed by atoms with Crippen LogP contribution < -0.4 is 0 Å². The lowest BCUT2D eigenvalue weighted by Crippen LogP contribution is -2.30. The molecule has 0 saturated carbocycles. The first kappa shape index (κ1) is 9.70. The van der Waals surface area contributed by atoms with Crippen LogP contribution in [0.3, 0.4) is 0 Å². The van der Waals surface area contributed by atoms with Crippen LogP contribution in [0.2, 0.25) is 0 Å². The van der Waals surface area contributed by atoms with E-state index in [-0.39, 0.29) is 18.4 Å². The Balaban J connectivity index is 2.73. The Hall–Kier alpha value is -1.39. The van der Waals surface area contributed by atoms with E-state index in [0.29, 0.717) is 6.42 Å². The average molecular weight is 184 g/mol. The maximum atomic E-state index is 11.4. The first-order chi connectivity index (χ1) is 6.06. The Kier molecular flexibility index (Phi) is 2.65. The second-order valence-electron chi connectivity index (χ2n) is 2.96. The molecule has 0 bridgehead atoms. The lowest BCUT2D eigenvalue weighted by Gasteiger charge is -2.08. The van der Waals surface area contributed by atoms with Gasteiger partial charge in [-0.05, 0) is 13.3 Å². The number of hydrogen-bond acceptors (Lipinski definition) is 3. The van der Waals surface area contributed by atoms with E-state index in [1.807, 2.05) is 6.92 Å². The quantitative estimate of drug-likeness (QED) is 0.686. The number of carbonyl (C=O) groups is 2. The molecule has 0 spiro atoms. The molecule has 1 heterocycles. The molecular weight excluding hydrogens is 172 g/mol. The van der Waals surface area contributed by atoms with Crippen molar-refractivity contribution in [1.29, 1.82) is 0 Å². The van der Waals surface area contributed by atoms with E-state index in [9.17, 15) is 9.59 Å². The Bertz CT molecular complexity index is 273. The molecule has 5 nitrogen and oxygen atoms in total. The van der Waals surface area contributed by atoms with Crippen LogP contribution in [0, 0.1) is 5.92 Å². The molecule has 0 aromatic carbocycles. The summed E-state index contributed by atoms with van der Waals surface area (Å²) in [5, 5.41) is 13.4. The second kappa shape index (κ2) is 3.55. The van der Waals surface area contributed by atoms with Crippen LogP contribution in [0.15, 0.2) is 5.10 Å². The van der Waals surface area contributed by atoms with Crippen LogP contribution in [0.25, 0.3) is 0 Å². The number of carbonyl (C=O) groups excluding carboxylic acids is 1. The zero-order valence-corrected chi connectivity index (χ0v) is 7.65. The maximum Gasteiger partial charge on any atom is 0.325 e. The zero-order valence-electron chi connectivity index (χ0n) is 7.65. The van der Waals surface area contributed by atoms with Crippen LogP contribution in [0.4, 0.5) is 0 Å². The predicted molar refractivity (Wildman–Crippen MR) is 46.2 cm³/mol. The molecular formula is C8H12N2O3. The van der Waals surface area contributed by atoms with Crippen LogP contribution >= 0.6 is 0 Å². The molecule has 1 N–H and O–H groups in total. The summed E-state index contributed by atoms with van der Waals surface area (Å²) in [6, 6.07) is 0. The summed E-state index contributed by atoms with van der Waals surface area (Å²) in [5.74, 6) is -1.52. The van der Waals surface area contributed by atoms with E-state index in [1.54, 1.807) is 6.92 Å². The van der Waals surface area contributed by atoms with Crippen LogP contribution in [-0.2, 0) is 9.59 Å². The number of amides is 1. The number of carboxylic acid groups (broad SMARTS) is 1. The van der Waals surface area contributed by atoms with Gasteiger partial charge in [-0.25, -0.2) is 5.01 Å². The standard InChI is InChI=1S/C8H12N2O3/c1-3-6-5(2)8(13)10(9-6)4-7(11)12/h5H,3-4H2,1-2H3,(H,11,12). The first-order valence-electron chi connectivity index (χ1n) is 4.16. The summed E-state index contributed by atoms with van der Waals surface area (Å²) in [7, 11) is 0. The van der Waals surface area contributed by atoms with Gasteiger partial charge in [0, 0.05) is 0 Å². The van der Waals surface area contributed by atoms with E-state index in [2.05, 4.69) is 5.10 Å². The molecule has 1 amide bonds. The highest BCUT2D eigenvalue weighted by atomic mass is 16.4. The van der Waals surface area contributed by atoms with Crippen LogP contribution in [-0.4, -0.2) is 34.2 Å². The van der Waals surface area contributed by atoms with Gasteiger partial charge in [-0.3, -0.25) is 9.59 Å².